The molecule has 1 atom stereocenters. The van der Waals surface area contributed by atoms with Crippen molar-refractivity contribution in [1.29, 1.82) is 0 Å². The van der Waals surface area contributed by atoms with Crippen LogP contribution in [0.15, 0.2) is 90.7 Å². The fourth-order valence-electron chi connectivity index (χ4n) is 3.67. The summed E-state index contributed by atoms with van der Waals surface area (Å²) in [5.41, 5.74) is 3.67. The van der Waals surface area contributed by atoms with Gasteiger partial charge in [-0.05, 0) is 55.7 Å². The second-order valence-corrected chi connectivity index (χ2v) is 8.33. The van der Waals surface area contributed by atoms with Crippen LogP contribution in [0.2, 0.25) is 0 Å². The minimum Gasteiger partial charge on any atom is -0.492 e. The Bertz CT molecular complexity index is 881. The molecule has 1 heterocycles. The Kier molecular flexibility index (Phi) is 9.60. The van der Waals surface area contributed by atoms with E-state index in [4.69, 9.17) is 9.47 Å². The van der Waals surface area contributed by atoms with E-state index < -0.39 is 0 Å². The predicted octanol–water partition coefficient (Wildman–Crippen LogP) is 5.13. The molecule has 1 N–H and O–H groups in total. The summed E-state index contributed by atoms with van der Waals surface area (Å²) in [4.78, 5) is 2.48. The zero-order valence-corrected chi connectivity index (χ0v) is 19.4. The van der Waals surface area contributed by atoms with Crippen molar-refractivity contribution < 1.29 is 9.47 Å². The van der Waals surface area contributed by atoms with Crippen molar-refractivity contribution in [2.75, 3.05) is 32.8 Å². The van der Waals surface area contributed by atoms with Crippen LogP contribution in [0.5, 0.6) is 5.75 Å². The van der Waals surface area contributed by atoms with E-state index in [0.717, 1.165) is 56.3 Å². The van der Waals surface area contributed by atoms with Crippen molar-refractivity contribution in [3.63, 3.8) is 0 Å². The Morgan fingerprint density at radius 3 is 2.44 bits per heavy atom. The van der Waals surface area contributed by atoms with Crippen LogP contribution in [0.25, 0.3) is 0 Å². The maximum atomic E-state index is 6.02. The van der Waals surface area contributed by atoms with Crippen molar-refractivity contribution in [2.24, 2.45) is 0 Å². The number of hydrogen-bond acceptors (Lipinski definition) is 4. The van der Waals surface area contributed by atoms with Crippen LogP contribution in [-0.4, -0.2) is 43.7 Å². The van der Waals surface area contributed by atoms with Gasteiger partial charge in [-0.1, -0.05) is 60.7 Å². The minimum atomic E-state index is 0.428. The lowest BCUT2D eigenvalue weighted by Crippen LogP contribution is -2.49. The number of piperazine rings is 1. The van der Waals surface area contributed by atoms with E-state index in [1.807, 2.05) is 24.3 Å². The van der Waals surface area contributed by atoms with Crippen molar-refractivity contribution in [1.82, 2.24) is 10.2 Å². The van der Waals surface area contributed by atoms with Gasteiger partial charge in [-0.3, -0.25) is 4.90 Å². The first kappa shape index (κ1) is 23.8. The molecule has 170 valence electrons. The Morgan fingerprint density at radius 1 is 1.03 bits per heavy atom. The number of rotatable bonds is 11. The highest BCUT2D eigenvalue weighted by atomic mass is 16.5. The fourth-order valence-corrected chi connectivity index (χ4v) is 3.67. The lowest BCUT2D eigenvalue weighted by molar-refractivity contribution is 0.132. The number of benzene rings is 2. The highest BCUT2D eigenvalue weighted by molar-refractivity contribution is 5.31. The van der Waals surface area contributed by atoms with E-state index in [-0.39, 0.29) is 0 Å². The van der Waals surface area contributed by atoms with Gasteiger partial charge in [-0.25, -0.2) is 0 Å². The second-order valence-electron chi connectivity index (χ2n) is 8.33. The van der Waals surface area contributed by atoms with Gasteiger partial charge in [-0.2, -0.15) is 0 Å². The molecule has 1 saturated heterocycles. The Hall–Kier alpha value is -2.82. The fraction of sp³-hybridized carbons (Fsp3) is 0.357. The van der Waals surface area contributed by atoms with Crippen LogP contribution in [-0.2, 0) is 17.8 Å². The largest absolute Gasteiger partial charge is 0.492 e. The molecular formula is C28H36N2O2. The van der Waals surface area contributed by atoms with Crippen LogP contribution in [0, 0.1) is 0 Å². The highest BCUT2D eigenvalue weighted by Crippen LogP contribution is 2.16. The van der Waals surface area contributed by atoms with Gasteiger partial charge in [0, 0.05) is 32.2 Å². The third-order valence-corrected chi connectivity index (χ3v) is 5.65. The van der Waals surface area contributed by atoms with Crippen molar-refractivity contribution in [3.05, 3.63) is 102 Å². The summed E-state index contributed by atoms with van der Waals surface area (Å²) < 4.78 is 11.9. The molecule has 4 heteroatoms. The molecule has 2 aromatic rings. The third-order valence-electron chi connectivity index (χ3n) is 5.65. The van der Waals surface area contributed by atoms with Crippen molar-refractivity contribution in [2.45, 2.75) is 32.9 Å². The van der Waals surface area contributed by atoms with E-state index in [2.05, 4.69) is 73.1 Å². The molecule has 0 spiro atoms. The molecule has 0 amide bonds. The average molecular weight is 433 g/mol. The van der Waals surface area contributed by atoms with E-state index >= 15 is 0 Å². The zero-order valence-electron chi connectivity index (χ0n) is 19.4. The van der Waals surface area contributed by atoms with E-state index in [9.17, 15) is 0 Å². The van der Waals surface area contributed by atoms with Crippen molar-refractivity contribution >= 4 is 0 Å². The van der Waals surface area contributed by atoms with Crippen molar-refractivity contribution in [3.8, 4) is 5.75 Å². The number of hydrogen-bond donors (Lipinski definition) is 1. The first-order valence-corrected chi connectivity index (χ1v) is 11.5. The van der Waals surface area contributed by atoms with Gasteiger partial charge in [0.1, 0.15) is 24.7 Å². The molecular weight excluding hydrogens is 396 g/mol. The van der Waals surface area contributed by atoms with Gasteiger partial charge in [0.2, 0.25) is 0 Å². The van der Waals surface area contributed by atoms with Crippen LogP contribution in [0.1, 0.15) is 25.0 Å². The van der Waals surface area contributed by atoms with Gasteiger partial charge in [-0.15, -0.1) is 0 Å². The average Bonchev–Trinajstić information content (AvgIpc) is 2.84. The smallest absolute Gasteiger partial charge is 0.119 e. The summed E-state index contributed by atoms with van der Waals surface area (Å²) in [6.07, 6.45) is 6.72. The molecule has 1 aliphatic rings. The first-order valence-electron chi connectivity index (χ1n) is 11.5. The molecule has 2 aromatic carbocycles. The summed E-state index contributed by atoms with van der Waals surface area (Å²) in [6.45, 7) is 13.8. The summed E-state index contributed by atoms with van der Waals surface area (Å²) in [6, 6.07) is 19.0. The van der Waals surface area contributed by atoms with E-state index in [1.165, 1.54) is 11.1 Å². The maximum absolute atomic E-state index is 6.02. The van der Waals surface area contributed by atoms with E-state index in [0.29, 0.717) is 12.6 Å². The summed E-state index contributed by atoms with van der Waals surface area (Å²) in [5, 5.41) is 3.39. The lowest BCUT2D eigenvalue weighted by atomic mass is 10.1. The number of ether oxygens (including phenoxy) is 2. The van der Waals surface area contributed by atoms with E-state index in [1.54, 1.807) is 6.08 Å². The number of allylic oxidation sites excluding steroid dienone is 4. The number of nitrogens with zero attached hydrogens (tertiary/aromatic N) is 1. The Balaban J connectivity index is 1.46. The molecule has 1 aliphatic heterocycles. The normalized spacial score (nSPS) is 16.4. The lowest BCUT2D eigenvalue weighted by Gasteiger charge is -2.32. The van der Waals surface area contributed by atoms with Crippen LogP contribution in [0.4, 0.5) is 0 Å². The molecule has 0 bridgehead atoms. The Morgan fingerprint density at radius 2 is 1.75 bits per heavy atom. The van der Waals surface area contributed by atoms with Crippen LogP contribution in [0.3, 0.4) is 0 Å². The predicted molar refractivity (Wildman–Crippen MR) is 133 cm³/mol. The maximum Gasteiger partial charge on any atom is 0.119 e. The molecule has 0 saturated carbocycles. The molecule has 4 nitrogen and oxygen atoms in total. The molecule has 1 fully saturated rings. The van der Waals surface area contributed by atoms with Gasteiger partial charge in [0.25, 0.3) is 0 Å². The van der Waals surface area contributed by atoms with Gasteiger partial charge < -0.3 is 14.8 Å². The third kappa shape index (κ3) is 8.03. The minimum absolute atomic E-state index is 0.428. The second kappa shape index (κ2) is 12.9. The molecule has 0 aromatic heterocycles. The molecule has 1 unspecified atom stereocenters. The molecule has 32 heavy (non-hydrogen) atoms. The number of nitrogens with one attached hydrogen (secondary N) is 1. The zero-order chi connectivity index (χ0) is 22.6. The molecule has 0 aliphatic carbocycles. The highest BCUT2D eigenvalue weighted by Gasteiger charge is 2.16. The molecule has 3 rings (SSSR count). The van der Waals surface area contributed by atoms with Gasteiger partial charge in [0.05, 0.1) is 0 Å². The summed E-state index contributed by atoms with van der Waals surface area (Å²) >= 11 is 0. The van der Waals surface area contributed by atoms with Crippen LogP contribution >= 0.6 is 0 Å². The van der Waals surface area contributed by atoms with Gasteiger partial charge in [0.15, 0.2) is 0 Å². The topological polar surface area (TPSA) is 33.7 Å². The Labute approximate surface area is 193 Å². The monoisotopic (exact) mass is 432 g/mol. The summed E-state index contributed by atoms with van der Waals surface area (Å²) in [5.74, 6) is 1.70. The quantitative estimate of drug-likeness (QED) is 0.394. The standard InChI is InChI=1S/C28H36N2O2/c1-4-27(32-22-26-8-6-5-7-9-26)13-10-23(2)20-25-11-14-28(15-12-25)31-21-24(3)30-18-16-29-17-19-30/h4-15,24,29H,1,16-22H2,2-3H3/b23-10+,27-13+. The SMILES string of the molecule is C=C/C(=C\C=C(/C)Cc1ccc(OCC(C)N2CCNCC2)cc1)OCc1ccccc1. The van der Waals surface area contributed by atoms with Crippen LogP contribution < -0.4 is 10.1 Å². The first-order chi connectivity index (χ1) is 15.6. The summed E-state index contributed by atoms with van der Waals surface area (Å²) in [7, 11) is 0. The van der Waals surface area contributed by atoms with Gasteiger partial charge >= 0.3 is 0 Å². The molecule has 0 radical (unpaired) electrons.